The van der Waals surface area contributed by atoms with E-state index in [4.69, 9.17) is 21.1 Å². The minimum atomic E-state index is -3.67. The van der Waals surface area contributed by atoms with E-state index in [-0.39, 0.29) is 5.75 Å². The van der Waals surface area contributed by atoms with E-state index in [0.717, 1.165) is 0 Å². The molecule has 0 atom stereocenters. The summed E-state index contributed by atoms with van der Waals surface area (Å²) in [5.74, 6) is 0.210. The number of halogens is 1. The summed E-state index contributed by atoms with van der Waals surface area (Å²) in [6.45, 7) is -0.398. The molecule has 0 unspecified atom stereocenters. The van der Waals surface area contributed by atoms with Gasteiger partial charge in [0.05, 0.1) is 32.2 Å². The molecule has 0 fully saturated rings. The molecule has 2 N–H and O–H groups in total. The Balaban J connectivity index is 1.94. The number of hydrogen-bond acceptors (Lipinski definition) is 5. The third-order valence-corrected chi connectivity index (χ3v) is 4.95. The highest BCUT2D eigenvalue weighted by atomic mass is 35.5. The second-order valence-electron chi connectivity index (χ2n) is 5.32. The summed E-state index contributed by atoms with van der Waals surface area (Å²) in [7, 11) is -0.692. The Labute approximate surface area is 157 Å². The van der Waals surface area contributed by atoms with Gasteiger partial charge in [0.2, 0.25) is 15.9 Å². The standard InChI is InChI=1S/C17H19ClN2O5S/c1-24-14-7-8-15(16(9-14)25-2)20-17(21)10-19-26(22,23)11-12-3-5-13(18)6-4-12/h3-9,19H,10-11H2,1-2H3,(H,20,21). The molecule has 0 saturated heterocycles. The van der Waals surface area contributed by atoms with Crippen LogP contribution < -0.4 is 19.5 Å². The number of methoxy groups -OCH3 is 2. The monoisotopic (exact) mass is 398 g/mol. The molecule has 9 heteroatoms. The first-order valence-corrected chi connectivity index (χ1v) is 9.59. The molecule has 0 bridgehead atoms. The van der Waals surface area contributed by atoms with Crippen molar-refractivity contribution in [2.75, 3.05) is 26.1 Å². The second kappa shape index (κ2) is 8.88. The Bertz CT molecular complexity index is 869. The van der Waals surface area contributed by atoms with Crippen molar-refractivity contribution in [1.82, 2.24) is 4.72 Å². The van der Waals surface area contributed by atoms with Gasteiger partial charge in [0.15, 0.2) is 0 Å². The maximum atomic E-state index is 12.1. The van der Waals surface area contributed by atoms with Gasteiger partial charge in [-0.2, -0.15) is 0 Å². The fourth-order valence-electron chi connectivity index (χ4n) is 2.12. The molecule has 0 aromatic heterocycles. The number of nitrogens with one attached hydrogen (secondary N) is 2. The number of rotatable bonds is 8. The maximum absolute atomic E-state index is 12.1. The predicted octanol–water partition coefficient (Wildman–Crippen LogP) is 2.42. The molecule has 26 heavy (non-hydrogen) atoms. The van der Waals surface area contributed by atoms with Crippen molar-refractivity contribution in [3.8, 4) is 11.5 Å². The highest BCUT2D eigenvalue weighted by Gasteiger charge is 2.15. The van der Waals surface area contributed by atoms with Gasteiger partial charge in [-0.3, -0.25) is 4.79 Å². The maximum Gasteiger partial charge on any atom is 0.239 e. The molecule has 2 aromatic rings. The number of anilines is 1. The van der Waals surface area contributed by atoms with Crippen molar-refractivity contribution in [2.24, 2.45) is 0 Å². The van der Waals surface area contributed by atoms with Crippen LogP contribution in [0.25, 0.3) is 0 Å². The van der Waals surface area contributed by atoms with Gasteiger partial charge in [-0.15, -0.1) is 0 Å². The Morgan fingerprint density at radius 2 is 1.77 bits per heavy atom. The van der Waals surface area contributed by atoms with E-state index in [9.17, 15) is 13.2 Å². The normalized spacial score (nSPS) is 11.0. The molecule has 1 amide bonds. The van der Waals surface area contributed by atoms with Crippen LogP contribution in [0.15, 0.2) is 42.5 Å². The van der Waals surface area contributed by atoms with Crippen LogP contribution in [0.3, 0.4) is 0 Å². The average molecular weight is 399 g/mol. The van der Waals surface area contributed by atoms with Gasteiger partial charge in [-0.25, -0.2) is 13.1 Å². The van der Waals surface area contributed by atoms with E-state index in [1.54, 1.807) is 42.5 Å². The molecule has 7 nitrogen and oxygen atoms in total. The minimum Gasteiger partial charge on any atom is -0.497 e. The van der Waals surface area contributed by atoms with Crippen molar-refractivity contribution in [2.45, 2.75) is 5.75 Å². The van der Waals surface area contributed by atoms with E-state index in [2.05, 4.69) is 10.0 Å². The first kappa shape index (κ1) is 20.0. The van der Waals surface area contributed by atoms with Crippen molar-refractivity contribution in [3.05, 3.63) is 53.1 Å². The van der Waals surface area contributed by atoms with Crippen LogP contribution in [0, 0.1) is 0 Å². The molecule has 0 radical (unpaired) electrons. The summed E-state index contributed by atoms with van der Waals surface area (Å²) >= 11 is 5.77. The third-order valence-electron chi connectivity index (χ3n) is 3.41. The summed E-state index contributed by atoms with van der Waals surface area (Å²) in [6, 6.07) is 11.3. The summed E-state index contributed by atoms with van der Waals surface area (Å²) in [5, 5.41) is 3.11. The predicted molar refractivity (Wildman–Crippen MR) is 100 cm³/mol. The number of sulfonamides is 1. The van der Waals surface area contributed by atoms with Crippen LogP contribution in [-0.2, 0) is 20.6 Å². The number of carbonyl (C=O) groups excluding carboxylic acids is 1. The summed E-state index contributed by atoms with van der Waals surface area (Å²) < 4.78 is 36.7. The lowest BCUT2D eigenvalue weighted by molar-refractivity contribution is -0.115. The van der Waals surface area contributed by atoms with Gasteiger partial charge in [0.25, 0.3) is 0 Å². The van der Waals surface area contributed by atoms with Crippen LogP contribution in [0.2, 0.25) is 5.02 Å². The van der Waals surface area contributed by atoms with E-state index in [1.165, 1.54) is 14.2 Å². The Morgan fingerprint density at radius 3 is 2.38 bits per heavy atom. The zero-order valence-corrected chi connectivity index (χ0v) is 15.9. The van der Waals surface area contributed by atoms with Crippen LogP contribution in [0.1, 0.15) is 5.56 Å². The fraction of sp³-hybridized carbons (Fsp3) is 0.235. The highest BCUT2D eigenvalue weighted by Crippen LogP contribution is 2.28. The first-order chi connectivity index (χ1) is 12.3. The highest BCUT2D eigenvalue weighted by molar-refractivity contribution is 7.88. The van der Waals surface area contributed by atoms with Crippen LogP contribution >= 0.6 is 11.6 Å². The average Bonchev–Trinajstić information content (AvgIpc) is 2.62. The Kier molecular flexibility index (Phi) is 6.84. The number of amides is 1. The van der Waals surface area contributed by atoms with Crippen LogP contribution in [0.5, 0.6) is 11.5 Å². The number of carbonyl (C=O) groups is 1. The molecular formula is C17H19ClN2O5S. The van der Waals surface area contributed by atoms with Crippen molar-refractivity contribution >= 4 is 33.2 Å². The molecule has 140 valence electrons. The quantitative estimate of drug-likeness (QED) is 0.712. The van der Waals surface area contributed by atoms with Crippen LogP contribution in [-0.4, -0.2) is 35.1 Å². The summed E-state index contributed by atoms with van der Waals surface area (Å²) in [5.41, 5.74) is 0.981. The Hall–Kier alpha value is -2.29. The fourth-order valence-corrected chi connectivity index (χ4v) is 3.33. The van der Waals surface area contributed by atoms with Crippen molar-refractivity contribution in [3.63, 3.8) is 0 Å². The summed E-state index contributed by atoms with van der Waals surface area (Å²) in [4.78, 5) is 12.0. The van der Waals surface area contributed by atoms with Gasteiger partial charge >= 0.3 is 0 Å². The van der Waals surface area contributed by atoms with Gasteiger partial charge in [-0.05, 0) is 29.8 Å². The third kappa shape index (κ3) is 5.91. The number of ether oxygens (including phenoxy) is 2. The molecule has 0 aliphatic rings. The molecule has 0 aliphatic heterocycles. The zero-order chi connectivity index (χ0) is 19.2. The van der Waals surface area contributed by atoms with Gasteiger partial charge in [0.1, 0.15) is 11.5 Å². The zero-order valence-electron chi connectivity index (χ0n) is 14.3. The van der Waals surface area contributed by atoms with E-state index >= 15 is 0 Å². The van der Waals surface area contributed by atoms with Gasteiger partial charge in [-0.1, -0.05) is 23.7 Å². The second-order valence-corrected chi connectivity index (χ2v) is 7.56. The van der Waals surface area contributed by atoms with Crippen LogP contribution in [0.4, 0.5) is 5.69 Å². The first-order valence-electron chi connectivity index (χ1n) is 7.56. The van der Waals surface area contributed by atoms with Gasteiger partial charge < -0.3 is 14.8 Å². The summed E-state index contributed by atoms with van der Waals surface area (Å²) in [6.07, 6.45) is 0. The minimum absolute atomic E-state index is 0.247. The molecule has 0 spiro atoms. The number of hydrogen-bond donors (Lipinski definition) is 2. The lowest BCUT2D eigenvalue weighted by Gasteiger charge is -2.12. The molecule has 2 rings (SSSR count). The van der Waals surface area contributed by atoms with E-state index in [1.807, 2.05) is 0 Å². The smallest absolute Gasteiger partial charge is 0.239 e. The molecular weight excluding hydrogens is 380 g/mol. The lowest BCUT2D eigenvalue weighted by Crippen LogP contribution is -2.33. The SMILES string of the molecule is COc1ccc(NC(=O)CNS(=O)(=O)Cc2ccc(Cl)cc2)c(OC)c1. The van der Waals surface area contributed by atoms with E-state index in [0.29, 0.717) is 27.8 Å². The largest absolute Gasteiger partial charge is 0.497 e. The van der Waals surface area contributed by atoms with Gasteiger partial charge in [0, 0.05) is 11.1 Å². The molecule has 0 heterocycles. The lowest BCUT2D eigenvalue weighted by atomic mass is 10.2. The molecule has 0 aliphatic carbocycles. The number of benzene rings is 2. The topological polar surface area (TPSA) is 93.7 Å². The van der Waals surface area contributed by atoms with Crippen molar-refractivity contribution < 1.29 is 22.7 Å². The van der Waals surface area contributed by atoms with E-state index < -0.39 is 22.5 Å². The molecule has 2 aromatic carbocycles. The van der Waals surface area contributed by atoms with Crippen molar-refractivity contribution in [1.29, 1.82) is 0 Å². The Morgan fingerprint density at radius 1 is 1.08 bits per heavy atom. The molecule has 0 saturated carbocycles.